The molecule has 0 aromatic carbocycles. The third kappa shape index (κ3) is 4.78. The number of hydrogen-bond donors (Lipinski definition) is 0. The number of rotatable bonds is 0. The van der Waals surface area contributed by atoms with Gasteiger partial charge in [-0.1, -0.05) is 53.9 Å². The van der Waals surface area contributed by atoms with Crippen molar-refractivity contribution in [2.45, 2.75) is 92.4 Å². The second-order valence-corrected chi connectivity index (χ2v) is 9.37. The van der Waals surface area contributed by atoms with E-state index in [2.05, 4.69) is 34.6 Å². The van der Waals surface area contributed by atoms with Gasteiger partial charge in [0.15, 0.2) is 0 Å². The topological polar surface area (TPSA) is 0 Å². The van der Waals surface area contributed by atoms with Gasteiger partial charge in [-0.25, -0.2) is 0 Å². The van der Waals surface area contributed by atoms with Crippen molar-refractivity contribution in [3.8, 4) is 0 Å². The first-order valence-electron chi connectivity index (χ1n) is 9.35. The van der Waals surface area contributed by atoms with E-state index in [4.69, 9.17) is 0 Å². The summed E-state index contributed by atoms with van der Waals surface area (Å²) in [6, 6.07) is 0. The molecule has 0 saturated heterocycles. The molecule has 0 heteroatoms. The molecule has 118 valence electrons. The zero-order valence-electron chi connectivity index (χ0n) is 14.8. The van der Waals surface area contributed by atoms with Gasteiger partial charge >= 0.3 is 0 Å². The Labute approximate surface area is 128 Å². The lowest BCUT2D eigenvalue weighted by Crippen LogP contribution is -2.19. The molecule has 2 fully saturated rings. The maximum absolute atomic E-state index is 2.52. The fourth-order valence-electron chi connectivity index (χ4n) is 5.05. The Bertz CT molecular complexity index is 290. The molecule has 20 heavy (non-hydrogen) atoms. The SMILES string of the molecule is CC1CCCC(C)(C)CCC(C)CC2CC(C)CC2C1. The van der Waals surface area contributed by atoms with E-state index in [1.54, 1.807) is 0 Å². The average molecular weight is 279 g/mol. The van der Waals surface area contributed by atoms with E-state index >= 15 is 0 Å². The monoisotopic (exact) mass is 278 g/mol. The summed E-state index contributed by atoms with van der Waals surface area (Å²) in [6.45, 7) is 12.5. The predicted molar refractivity (Wildman–Crippen MR) is 89.8 cm³/mol. The van der Waals surface area contributed by atoms with Gasteiger partial charge in [0, 0.05) is 0 Å². The fraction of sp³-hybridized carbons (Fsp3) is 1.00. The van der Waals surface area contributed by atoms with Gasteiger partial charge in [0.05, 0.1) is 0 Å². The first-order valence-corrected chi connectivity index (χ1v) is 9.35. The van der Waals surface area contributed by atoms with Crippen LogP contribution in [0.5, 0.6) is 0 Å². The minimum Gasteiger partial charge on any atom is -0.0625 e. The summed E-state index contributed by atoms with van der Waals surface area (Å²) in [5, 5.41) is 0. The molecule has 5 unspecified atom stereocenters. The van der Waals surface area contributed by atoms with Crippen molar-refractivity contribution < 1.29 is 0 Å². The van der Waals surface area contributed by atoms with Gasteiger partial charge in [0.2, 0.25) is 0 Å². The number of fused-ring (bicyclic) bond motifs is 1. The van der Waals surface area contributed by atoms with E-state index in [0.717, 1.165) is 29.6 Å². The summed E-state index contributed by atoms with van der Waals surface area (Å²) in [6.07, 6.45) is 13.3. The van der Waals surface area contributed by atoms with E-state index in [0.29, 0.717) is 5.41 Å². The molecular formula is C20H38. The lowest BCUT2D eigenvalue weighted by Gasteiger charge is -2.31. The van der Waals surface area contributed by atoms with Crippen molar-refractivity contribution in [1.29, 1.82) is 0 Å². The molecule has 2 rings (SSSR count). The highest BCUT2D eigenvalue weighted by Crippen LogP contribution is 2.45. The fourth-order valence-corrected chi connectivity index (χ4v) is 5.05. The maximum Gasteiger partial charge on any atom is -0.0354 e. The molecule has 0 spiro atoms. The quantitative estimate of drug-likeness (QED) is 0.463. The lowest BCUT2D eigenvalue weighted by atomic mass is 9.75. The molecular weight excluding hydrogens is 240 g/mol. The normalized spacial score (nSPS) is 43.4. The van der Waals surface area contributed by atoms with Gasteiger partial charge in [0.1, 0.15) is 0 Å². The van der Waals surface area contributed by atoms with E-state index in [1.807, 2.05) is 0 Å². The summed E-state index contributed by atoms with van der Waals surface area (Å²) in [5.41, 5.74) is 0.579. The third-order valence-electron chi connectivity index (χ3n) is 6.35. The Hall–Kier alpha value is 0. The Kier molecular flexibility index (Phi) is 5.60. The molecule has 0 heterocycles. The van der Waals surface area contributed by atoms with E-state index in [9.17, 15) is 0 Å². The van der Waals surface area contributed by atoms with Crippen LogP contribution in [-0.4, -0.2) is 0 Å². The molecule has 5 atom stereocenters. The van der Waals surface area contributed by atoms with Crippen LogP contribution in [0.4, 0.5) is 0 Å². The van der Waals surface area contributed by atoms with Crippen LogP contribution < -0.4 is 0 Å². The molecule has 0 nitrogen and oxygen atoms in total. The summed E-state index contributed by atoms with van der Waals surface area (Å²) < 4.78 is 0. The Balaban J connectivity index is 2.01. The molecule has 0 aliphatic heterocycles. The van der Waals surface area contributed by atoms with E-state index in [1.165, 1.54) is 57.8 Å². The summed E-state index contributed by atoms with van der Waals surface area (Å²) in [7, 11) is 0. The van der Waals surface area contributed by atoms with E-state index < -0.39 is 0 Å². The Morgan fingerprint density at radius 3 is 1.75 bits per heavy atom. The molecule has 2 saturated carbocycles. The van der Waals surface area contributed by atoms with Gasteiger partial charge < -0.3 is 0 Å². The molecule has 0 radical (unpaired) electrons. The second-order valence-electron chi connectivity index (χ2n) is 9.37. The van der Waals surface area contributed by atoms with Crippen molar-refractivity contribution in [3.63, 3.8) is 0 Å². The Morgan fingerprint density at radius 2 is 1.15 bits per heavy atom. The highest BCUT2D eigenvalue weighted by atomic mass is 14.4. The minimum atomic E-state index is 0.579. The van der Waals surface area contributed by atoms with Gasteiger partial charge in [-0.05, 0) is 73.5 Å². The molecule has 2 aliphatic carbocycles. The van der Waals surface area contributed by atoms with Crippen molar-refractivity contribution in [2.75, 3.05) is 0 Å². The van der Waals surface area contributed by atoms with Gasteiger partial charge in [-0.3, -0.25) is 0 Å². The van der Waals surface area contributed by atoms with Gasteiger partial charge in [-0.2, -0.15) is 0 Å². The molecule has 0 aromatic rings. The summed E-state index contributed by atoms with van der Waals surface area (Å²) >= 11 is 0. The lowest BCUT2D eigenvalue weighted by molar-refractivity contribution is 0.207. The smallest absolute Gasteiger partial charge is 0.0354 e. The minimum absolute atomic E-state index is 0.579. The van der Waals surface area contributed by atoms with Crippen LogP contribution in [0.1, 0.15) is 92.4 Å². The predicted octanol–water partition coefficient (Wildman–Crippen LogP) is 6.69. The third-order valence-corrected chi connectivity index (χ3v) is 6.35. The standard InChI is InChI=1S/C20H38/c1-15-7-6-9-20(4,5)10-8-16(2)12-19-14-17(3)13-18(19)11-15/h15-19H,6-14H2,1-5H3. The Morgan fingerprint density at radius 1 is 0.650 bits per heavy atom. The highest BCUT2D eigenvalue weighted by molar-refractivity contribution is 4.85. The first kappa shape index (κ1) is 16.4. The largest absolute Gasteiger partial charge is 0.0625 e. The van der Waals surface area contributed by atoms with Crippen molar-refractivity contribution in [3.05, 3.63) is 0 Å². The molecule has 0 amide bonds. The molecule has 0 bridgehead atoms. The van der Waals surface area contributed by atoms with Crippen LogP contribution in [0.3, 0.4) is 0 Å². The number of hydrogen-bond acceptors (Lipinski definition) is 0. The maximum atomic E-state index is 2.52. The molecule has 2 aliphatic rings. The van der Waals surface area contributed by atoms with Crippen molar-refractivity contribution in [1.82, 2.24) is 0 Å². The van der Waals surface area contributed by atoms with E-state index in [-0.39, 0.29) is 0 Å². The second kappa shape index (κ2) is 6.84. The van der Waals surface area contributed by atoms with Crippen LogP contribution in [0.15, 0.2) is 0 Å². The van der Waals surface area contributed by atoms with Crippen molar-refractivity contribution >= 4 is 0 Å². The highest BCUT2D eigenvalue weighted by Gasteiger charge is 2.34. The van der Waals surface area contributed by atoms with Crippen LogP contribution in [0.2, 0.25) is 0 Å². The average Bonchev–Trinajstić information content (AvgIpc) is 2.65. The molecule has 0 aromatic heterocycles. The van der Waals surface area contributed by atoms with Crippen LogP contribution in [0.25, 0.3) is 0 Å². The zero-order chi connectivity index (χ0) is 14.8. The van der Waals surface area contributed by atoms with Crippen LogP contribution >= 0.6 is 0 Å². The van der Waals surface area contributed by atoms with Crippen LogP contribution in [-0.2, 0) is 0 Å². The first-order chi connectivity index (χ1) is 9.35. The zero-order valence-corrected chi connectivity index (χ0v) is 14.8. The van der Waals surface area contributed by atoms with Gasteiger partial charge in [-0.15, -0.1) is 0 Å². The summed E-state index contributed by atoms with van der Waals surface area (Å²) in [5.74, 6) is 4.99. The molecule has 0 N–H and O–H groups in total. The van der Waals surface area contributed by atoms with Gasteiger partial charge in [0.25, 0.3) is 0 Å². The van der Waals surface area contributed by atoms with Crippen molar-refractivity contribution in [2.24, 2.45) is 35.0 Å². The summed E-state index contributed by atoms with van der Waals surface area (Å²) in [4.78, 5) is 0. The van der Waals surface area contributed by atoms with Crippen LogP contribution in [0, 0.1) is 35.0 Å².